The quantitative estimate of drug-likeness (QED) is 0.424. The fourth-order valence-electron chi connectivity index (χ4n) is 1.91. The van der Waals surface area contributed by atoms with Gasteiger partial charge in [-0.2, -0.15) is 0 Å². The largest absolute Gasteiger partial charge is 0.343 e. The summed E-state index contributed by atoms with van der Waals surface area (Å²) in [6.07, 6.45) is 1.49. The van der Waals surface area contributed by atoms with Crippen LogP contribution < -0.4 is 5.32 Å². The molecule has 0 spiro atoms. The summed E-state index contributed by atoms with van der Waals surface area (Å²) in [5, 5.41) is 2.50. The second-order valence-electron chi connectivity index (χ2n) is 2.91. The summed E-state index contributed by atoms with van der Waals surface area (Å²) in [5.41, 5.74) is 0. The van der Waals surface area contributed by atoms with E-state index in [0.717, 1.165) is 17.9 Å². The van der Waals surface area contributed by atoms with Gasteiger partial charge in [-0.25, -0.2) is 0 Å². The van der Waals surface area contributed by atoms with Crippen LogP contribution in [0.3, 0.4) is 0 Å². The lowest BCUT2D eigenvalue weighted by Gasteiger charge is -1.89. The molecule has 1 saturated heterocycles. The van der Waals surface area contributed by atoms with Crippen LogP contribution in [-0.2, 0) is 0 Å². The molecule has 2 aliphatic rings. The van der Waals surface area contributed by atoms with E-state index in [9.17, 15) is 0 Å². The standard InChI is InChI=1S/C6H11N/c1-4-5-2-3-7-6(4)5/h4-7H,2-3H2,1H3/p+1. The third-order valence-corrected chi connectivity index (χ3v) is 2.57. The Labute approximate surface area is 44.1 Å². The second kappa shape index (κ2) is 1.03. The van der Waals surface area contributed by atoms with Gasteiger partial charge in [-0.1, -0.05) is 6.92 Å². The highest BCUT2D eigenvalue weighted by molar-refractivity contribution is 4.95. The van der Waals surface area contributed by atoms with Crippen LogP contribution in [0, 0.1) is 11.8 Å². The summed E-state index contributed by atoms with van der Waals surface area (Å²) in [7, 11) is 0. The van der Waals surface area contributed by atoms with Crippen molar-refractivity contribution in [2.45, 2.75) is 19.4 Å². The molecule has 0 amide bonds. The van der Waals surface area contributed by atoms with E-state index in [1.807, 2.05) is 0 Å². The molecule has 1 heteroatoms. The topological polar surface area (TPSA) is 16.6 Å². The number of hydrogen-bond acceptors (Lipinski definition) is 0. The Morgan fingerprint density at radius 2 is 2.43 bits per heavy atom. The lowest BCUT2D eigenvalue weighted by molar-refractivity contribution is -0.658. The molecular weight excluding hydrogens is 86.1 g/mol. The summed E-state index contributed by atoms with van der Waals surface area (Å²) in [5.74, 6) is 2.19. The normalized spacial score (nSPS) is 57.0. The molecule has 0 aromatic rings. The van der Waals surface area contributed by atoms with Gasteiger partial charge in [0.15, 0.2) is 0 Å². The molecule has 7 heavy (non-hydrogen) atoms. The van der Waals surface area contributed by atoms with Crippen LogP contribution in [0.1, 0.15) is 13.3 Å². The molecule has 3 unspecified atom stereocenters. The van der Waals surface area contributed by atoms with Crippen molar-refractivity contribution in [3.8, 4) is 0 Å². The Balaban J connectivity index is 2.06. The maximum absolute atomic E-state index is 2.50. The molecule has 0 radical (unpaired) electrons. The molecule has 1 saturated carbocycles. The minimum Gasteiger partial charge on any atom is -0.343 e. The number of nitrogens with two attached hydrogens (primary N) is 1. The van der Waals surface area contributed by atoms with Gasteiger partial charge >= 0.3 is 0 Å². The van der Waals surface area contributed by atoms with Crippen molar-refractivity contribution >= 4 is 0 Å². The zero-order valence-corrected chi connectivity index (χ0v) is 4.72. The fourth-order valence-corrected chi connectivity index (χ4v) is 1.91. The van der Waals surface area contributed by atoms with Gasteiger partial charge in [-0.15, -0.1) is 0 Å². The van der Waals surface area contributed by atoms with Crippen LogP contribution in [0.5, 0.6) is 0 Å². The molecule has 1 aliphatic carbocycles. The van der Waals surface area contributed by atoms with Crippen molar-refractivity contribution in [1.29, 1.82) is 0 Å². The van der Waals surface area contributed by atoms with E-state index in [-0.39, 0.29) is 0 Å². The zero-order chi connectivity index (χ0) is 4.85. The Hall–Kier alpha value is -0.0400. The van der Waals surface area contributed by atoms with Gasteiger partial charge in [-0.3, -0.25) is 0 Å². The third kappa shape index (κ3) is 0.367. The highest BCUT2D eigenvalue weighted by Crippen LogP contribution is 2.40. The van der Waals surface area contributed by atoms with Gasteiger partial charge in [0.05, 0.1) is 12.6 Å². The number of hydrogen-bond donors (Lipinski definition) is 1. The summed E-state index contributed by atoms with van der Waals surface area (Å²) in [6, 6.07) is 1.06. The first kappa shape index (κ1) is 3.90. The van der Waals surface area contributed by atoms with Gasteiger partial charge in [-0.05, 0) is 0 Å². The smallest absolute Gasteiger partial charge is 0.0925 e. The number of quaternary nitrogens is 1. The summed E-state index contributed by atoms with van der Waals surface area (Å²) < 4.78 is 0. The Bertz CT molecular complexity index is 80.2. The fraction of sp³-hybridized carbons (Fsp3) is 1.00. The first-order chi connectivity index (χ1) is 3.39. The van der Waals surface area contributed by atoms with Crippen molar-refractivity contribution in [3.05, 3.63) is 0 Å². The van der Waals surface area contributed by atoms with E-state index in [1.165, 1.54) is 13.0 Å². The number of piperidine rings is 1. The molecule has 1 heterocycles. The lowest BCUT2D eigenvalue weighted by atomic mass is 10.3. The Morgan fingerprint density at radius 3 is 2.71 bits per heavy atom. The van der Waals surface area contributed by atoms with Gasteiger partial charge in [0, 0.05) is 18.3 Å². The molecule has 2 rings (SSSR count). The van der Waals surface area contributed by atoms with Crippen molar-refractivity contribution in [2.24, 2.45) is 11.8 Å². The minimum atomic E-state index is 1.06. The Morgan fingerprint density at radius 1 is 1.57 bits per heavy atom. The maximum atomic E-state index is 2.50. The molecular formula is C6H12N+. The van der Waals surface area contributed by atoms with Crippen LogP contribution in [0.2, 0.25) is 0 Å². The molecule has 0 bridgehead atoms. The van der Waals surface area contributed by atoms with Crippen LogP contribution in [0.4, 0.5) is 0 Å². The molecule has 1 nitrogen and oxygen atoms in total. The SMILES string of the molecule is CC1C2CC[NH2+]C12. The maximum Gasteiger partial charge on any atom is 0.0925 e. The number of fused-ring (bicyclic) bond motifs is 1. The molecule has 1 aliphatic heterocycles. The van der Waals surface area contributed by atoms with E-state index in [2.05, 4.69) is 12.2 Å². The van der Waals surface area contributed by atoms with E-state index in [0.29, 0.717) is 0 Å². The molecule has 2 fully saturated rings. The number of rotatable bonds is 0. The molecule has 3 atom stereocenters. The first-order valence-corrected chi connectivity index (χ1v) is 3.23. The van der Waals surface area contributed by atoms with Crippen molar-refractivity contribution in [3.63, 3.8) is 0 Å². The van der Waals surface area contributed by atoms with Gasteiger partial charge in [0.25, 0.3) is 0 Å². The predicted molar refractivity (Wildman–Crippen MR) is 27.9 cm³/mol. The van der Waals surface area contributed by atoms with E-state index in [1.54, 1.807) is 0 Å². The van der Waals surface area contributed by atoms with Crippen LogP contribution in [0.25, 0.3) is 0 Å². The average molecular weight is 98.2 g/mol. The third-order valence-electron chi connectivity index (χ3n) is 2.57. The lowest BCUT2D eigenvalue weighted by Crippen LogP contribution is -2.84. The van der Waals surface area contributed by atoms with E-state index in [4.69, 9.17) is 0 Å². The summed E-state index contributed by atoms with van der Waals surface area (Å²) in [4.78, 5) is 0. The van der Waals surface area contributed by atoms with Gasteiger partial charge < -0.3 is 5.32 Å². The highest BCUT2D eigenvalue weighted by atomic mass is 15.0. The molecule has 0 aromatic heterocycles. The zero-order valence-electron chi connectivity index (χ0n) is 4.72. The van der Waals surface area contributed by atoms with Gasteiger partial charge in [0.1, 0.15) is 0 Å². The molecule has 2 N–H and O–H groups in total. The van der Waals surface area contributed by atoms with Crippen LogP contribution in [0.15, 0.2) is 0 Å². The van der Waals surface area contributed by atoms with Crippen molar-refractivity contribution < 1.29 is 5.32 Å². The predicted octanol–water partition coefficient (Wildman–Crippen LogP) is -0.412. The first-order valence-electron chi connectivity index (χ1n) is 3.23. The van der Waals surface area contributed by atoms with Gasteiger partial charge in [0.2, 0.25) is 0 Å². The molecule has 0 aromatic carbocycles. The van der Waals surface area contributed by atoms with Crippen molar-refractivity contribution in [2.75, 3.05) is 6.54 Å². The van der Waals surface area contributed by atoms with Crippen LogP contribution >= 0.6 is 0 Å². The van der Waals surface area contributed by atoms with Crippen LogP contribution in [-0.4, -0.2) is 12.6 Å². The Kier molecular flexibility index (Phi) is 0.571. The monoisotopic (exact) mass is 98.1 g/mol. The van der Waals surface area contributed by atoms with E-state index >= 15 is 0 Å². The molecule has 40 valence electrons. The summed E-state index contributed by atoms with van der Waals surface area (Å²) >= 11 is 0. The second-order valence-corrected chi connectivity index (χ2v) is 2.91. The minimum absolute atomic E-state index is 1.06. The summed E-state index contributed by atoms with van der Waals surface area (Å²) in [6.45, 7) is 3.77. The average Bonchev–Trinajstić information content (AvgIpc) is 2.26. The van der Waals surface area contributed by atoms with E-state index < -0.39 is 0 Å². The van der Waals surface area contributed by atoms with Crippen molar-refractivity contribution in [1.82, 2.24) is 0 Å². The highest BCUT2D eigenvalue weighted by Gasteiger charge is 2.53.